The average Bonchev–Trinajstić information content (AvgIpc) is 3.07. The molecule has 3 rings (SSSR count). The number of nitro groups is 1. The minimum atomic E-state index is -0.606. The molecular weight excluding hydrogens is 366 g/mol. The largest absolute Gasteiger partial charge is 0.493 e. The number of nitro benzene ring substituents is 1. The summed E-state index contributed by atoms with van der Waals surface area (Å²) >= 11 is 0. The third-order valence-electron chi connectivity index (χ3n) is 4.48. The van der Waals surface area contributed by atoms with Gasteiger partial charge in [0, 0.05) is 30.8 Å². The second-order valence-corrected chi connectivity index (χ2v) is 6.19. The highest BCUT2D eigenvalue weighted by Gasteiger charge is 2.33. The summed E-state index contributed by atoms with van der Waals surface area (Å²) in [6.45, 7) is 0.251. The minimum Gasteiger partial charge on any atom is -0.493 e. The summed E-state index contributed by atoms with van der Waals surface area (Å²) in [4.78, 5) is 36.9. The fourth-order valence-corrected chi connectivity index (χ4v) is 3.13. The first kappa shape index (κ1) is 19.2. The average molecular weight is 385 g/mol. The Kier molecular flexibility index (Phi) is 5.44. The van der Waals surface area contributed by atoms with Crippen molar-refractivity contribution in [2.24, 2.45) is 0 Å². The number of ether oxygens (including phenoxy) is 2. The molecular formula is C19H19N3O6. The number of benzene rings is 2. The zero-order valence-electron chi connectivity index (χ0n) is 15.4. The number of carbonyl (C=O) groups is 2. The zero-order valence-corrected chi connectivity index (χ0v) is 15.4. The highest BCUT2D eigenvalue weighted by atomic mass is 16.6. The maximum atomic E-state index is 12.5. The molecule has 1 aliphatic rings. The minimum absolute atomic E-state index is 0.0375. The molecule has 1 atom stereocenters. The summed E-state index contributed by atoms with van der Waals surface area (Å²) in [5, 5.41) is 13.8. The Labute approximate surface area is 161 Å². The molecule has 2 amide bonds. The lowest BCUT2D eigenvalue weighted by atomic mass is 10.1. The molecule has 2 aromatic rings. The molecule has 1 heterocycles. The van der Waals surface area contributed by atoms with Gasteiger partial charge in [0.15, 0.2) is 11.5 Å². The Balaban J connectivity index is 1.75. The fraction of sp³-hybridized carbons (Fsp3) is 0.263. The van der Waals surface area contributed by atoms with Crippen molar-refractivity contribution in [3.8, 4) is 11.5 Å². The number of anilines is 1. The van der Waals surface area contributed by atoms with E-state index in [1.807, 2.05) is 0 Å². The quantitative estimate of drug-likeness (QED) is 0.602. The Morgan fingerprint density at radius 1 is 1.18 bits per heavy atom. The van der Waals surface area contributed by atoms with Gasteiger partial charge in [-0.15, -0.1) is 0 Å². The molecule has 28 heavy (non-hydrogen) atoms. The molecule has 1 saturated heterocycles. The molecule has 0 aliphatic carbocycles. The van der Waals surface area contributed by atoms with Crippen molar-refractivity contribution < 1.29 is 24.0 Å². The number of methoxy groups -OCH3 is 2. The van der Waals surface area contributed by atoms with Gasteiger partial charge in [-0.2, -0.15) is 0 Å². The van der Waals surface area contributed by atoms with Crippen LogP contribution >= 0.6 is 0 Å². The van der Waals surface area contributed by atoms with E-state index in [-0.39, 0.29) is 30.1 Å². The first-order valence-electron chi connectivity index (χ1n) is 8.51. The highest BCUT2D eigenvalue weighted by Crippen LogP contribution is 2.33. The third-order valence-corrected chi connectivity index (χ3v) is 4.48. The summed E-state index contributed by atoms with van der Waals surface area (Å²) in [6.07, 6.45) is 0.0979. The second-order valence-electron chi connectivity index (χ2n) is 6.19. The van der Waals surface area contributed by atoms with Crippen LogP contribution in [0.25, 0.3) is 0 Å². The predicted octanol–water partition coefficient (Wildman–Crippen LogP) is 2.15. The van der Waals surface area contributed by atoms with Crippen LogP contribution in [0.1, 0.15) is 16.8 Å². The van der Waals surface area contributed by atoms with Gasteiger partial charge in [0.05, 0.1) is 25.2 Å². The molecule has 0 bridgehead atoms. The SMILES string of the molecule is COc1ccc(N2CC(NC(=O)c3ccccc3[N+](=O)[O-])CC2=O)cc1OC. The standard InChI is InChI=1S/C19H19N3O6/c1-27-16-8-7-13(10-17(16)28-2)21-11-12(9-18(21)23)20-19(24)14-5-3-4-6-15(14)22(25)26/h3-8,10,12H,9,11H2,1-2H3,(H,20,24). The van der Waals surface area contributed by atoms with E-state index in [1.54, 1.807) is 24.3 Å². The molecule has 1 unspecified atom stereocenters. The number of amides is 2. The number of para-hydroxylation sites is 1. The van der Waals surface area contributed by atoms with E-state index in [4.69, 9.17) is 9.47 Å². The van der Waals surface area contributed by atoms with Crippen molar-refractivity contribution in [1.82, 2.24) is 5.32 Å². The number of hydrogen-bond acceptors (Lipinski definition) is 6. The summed E-state index contributed by atoms with van der Waals surface area (Å²) in [6, 6.07) is 10.3. The van der Waals surface area contributed by atoms with Gasteiger partial charge in [-0.05, 0) is 18.2 Å². The van der Waals surface area contributed by atoms with Crippen LogP contribution in [0.3, 0.4) is 0 Å². The summed E-state index contributed by atoms with van der Waals surface area (Å²) in [7, 11) is 3.02. The molecule has 146 valence electrons. The van der Waals surface area contributed by atoms with Gasteiger partial charge >= 0.3 is 0 Å². The molecule has 2 aromatic carbocycles. The van der Waals surface area contributed by atoms with Gasteiger partial charge < -0.3 is 19.7 Å². The topological polar surface area (TPSA) is 111 Å². The van der Waals surface area contributed by atoms with Crippen LogP contribution in [0.2, 0.25) is 0 Å². The molecule has 1 aliphatic heterocycles. The van der Waals surface area contributed by atoms with Crippen LogP contribution in [-0.4, -0.2) is 43.5 Å². The molecule has 0 spiro atoms. The van der Waals surface area contributed by atoms with E-state index in [1.165, 1.54) is 37.3 Å². The first-order chi connectivity index (χ1) is 13.4. The van der Waals surface area contributed by atoms with Crippen LogP contribution in [0.5, 0.6) is 11.5 Å². The number of carbonyl (C=O) groups excluding carboxylic acids is 2. The van der Waals surface area contributed by atoms with Crippen molar-refractivity contribution in [3.05, 3.63) is 58.1 Å². The van der Waals surface area contributed by atoms with Crippen molar-refractivity contribution in [3.63, 3.8) is 0 Å². The fourth-order valence-electron chi connectivity index (χ4n) is 3.13. The van der Waals surface area contributed by atoms with E-state index >= 15 is 0 Å². The van der Waals surface area contributed by atoms with Gasteiger partial charge in [0.25, 0.3) is 11.6 Å². The van der Waals surface area contributed by atoms with Crippen LogP contribution < -0.4 is 19.7 Å². The Bertz CT molecular complexity index is 930. The normalized spacial score (nSPS) is 16.0. The molecule has 9 nitrogen and oxygen atoms in total. The maximum absolute atomic E-state index is 12.5. The predicted molar refractivity (Wildman–Crippen MR) is 101 cm³/mol. The van der Waals surface area contributed by atoms with E-state index in [9.17, 15) is 19.7 Å². The number of nitrogens with one attached hydrogen (secondary N) is 1. The summed E-state index contributed by atoms with van der Waals surface area (Å²) in [5.74, 6) is 0.277. The Hall–Kier alpha value is -3.62. The zero-order chi connectivity index (χ0) is 20.3. The third kappa shape index (κ3) is 3.73. The summed E-state index contributed by atoms with van der Waals surface area (Å²) in [5.41, 5.74) is 0.302. The summed E-state index contributed by atoms with van der Waals surface area (Å²) < 4.78 is 10.5. The van der Waals surface area contributed by atoms with Gasteiger partial charge in [-0.25, -0.2) is 0 Å². The molecule has 0 saturated carbocycles. The lowest BCUT2D eigenvalue weighted by Crippen LogP contribution is -2.37. The first-order valence-corrected chi connectivity index (χ1v) is 8.51. The van der Waals surface area contributed by atoms with Crippen LogP contribution in [0.15, 0.2) is 42.5 Å². The van der Waals surface area contributed by atoms with Gasteiger partial charge in [0.1, 0.15) is 5.56 Å². The van der Waals surface area contributed by atoms with E-state index in [0.29, 0.717) is 17.2 Å². The van der Waals surface area contributed by atoms with Crippen molar-refractivity contribution >= 4 is 23.2 Å². The molecule has 1 fully saturated rings. The van der Waals surface area contributed by atoms with Crippen molar-refractivity contribution in [1.29, 1.82) is 0 Å². The molecule has 9 heteroatoms. The second kappa shape index (κ2) is 7.95. The van der Waals surface area contributed by atoms with E-state index in [0.717, 1.165) is 0 Å². The molecule has 0 aromatic heterocycles. The number of hydrogen-bond donors (Lipinski definition) is 1. The van der Waals surface area contributed by atoms with E-state index in [2.05, 4.69) is 5.32 Å². The molecule has 0 radical (unpaired) electrons. The van der Waals surface area contributed by atoms with Crippen LogP contribution in [0.4, 0.5) is 11.4 Å². The van der Waals surface area contributed by atoms with Gasteiger partial charge in [-0.3, -0.25) is 19.7 Å². The van der Waals surface area contributed by atoms with Crippen molar-refractivity contribution in [2.75, 3.05) is 25.7 Å². The lowest BCUT2D eigenvalue weighted by molar-refractivity contribution is -0.385. The number of rotatable bonds is 6. The number of nitrogens with zero attached hydrogens (tertiary/aromatic N) is 2. The Morgan fingerprint density at radius 2 is 1.89 bits per heavy atom. The van der Waals surface area contributed by atoms with Gasteiger partial charge in [0.2, 0.25) is 5.91 Å². The van der Waals surface area contributed by atoms with Crippen molar-refractivity contribution in [2.45, 2.75) is 12.5 Å². The smallest absolute Gasteiger partial charge is 0.282 e. The monoisotopic (exact) mass is 385 g/mol. The Morgan fingerprint density at radius 3 is 2.57 bits per heavy atom. The highest BCUT2D eigenvalue weighted by molar-refractivity contribution is 6.00. The van der Waals surface area contributed by atoms with Crippen LogP contribution in [0, 0.1) is 10.1 Å². The van der Waals surface area contributed by atoms with Crippen LogP contribution in [-0.2, 0) is 4.79 Å². The lowest BCUT2D eigenvalue weighted by Gasteiger charge is -2.19. The van der Waals surface area contributed by atoms with Gasteiger partial charge in [-0.1, -0.05) is 12.1 Å². The van der Waals surface area contributed by atoms with E-state index < -0.39 is 16.9 Å². The molecule has 1 N–H and O–H groups in total. The maximum Gasteiger partial charge on any atom is 0.282 e.